The van der Waals surface area contributed by atoms with Gasteiger partial charge in [0.2, 0.25) is 0 Å². The maximum Gasteiger partial charge on any atom is 0.131 e. The van der Waals surface area contributed by atoms with Crippen LogP contribution in [0.5, 0.6) is 0 Å². The highest BCUT2D eigenvalue weighted by Gasteiger charge is 2.03. The van der Waals surface area contributed by atoms with Crippen LogP contribution in [0.2, 0.25) is 0 Å². The van der Waals surface area contributed by atoms with Gasteiger partial charge in [0.1, 0.15) is 18.2 Å². The minimum absolute atomic E-state index is 0.480. The molecule has 0 spiro atoms. The van der Waals surface area contributed by atoms with Crippen molar-refractivity contribution < 1.29 is 9.15 Å². The van der Waals surface area contributed by atoms with Crippen LogP contribution in [0.25, 0.3) is 0 Å². The summed E-state index contributed by atoms with van der Waals surface area (Å²) in [6, 6.07) is 7.67. The number of hydrogen-bond donors (Lipinski definition) is 1. The van der Waals surface area contributed by atoms with Crippen molar-refractivity contribution in [1.82, 2.24) is 4.98 Å². The van der Waals surface area contributed by atoms with Crippen molar-refractivity contribution in [2.45, 2.75) is 20.1 Å². The van der Waals surface area contributed by atoms with Crippen LogP contribution in [-0.4, -0.2) is 11.5 Å². The molecule has 0 unspecified atom stereocenters. The van der Waals surface area contributed by atoms with Gasteiger partial charge < -0.3 is 14.5 Å². The molecule has 1 N–H and O–H groups in total. The molecule has 0 saturated heterocycles. The predicted molar refractivity (Wildman–Crippen MR) is 65.6 cm³/mol. The van der Waals surface area contributed by atoms with Gasteiger partial charge in [0, 0.05) is 18.3 Å². The highest BCUT2D eigenvalue weighted by atomic mass is 16.5. The lowest BCUT2D eigenvalue weighted by Gasteiger charge is -2.09. The van der Waals surface area contributed by atoms with E-state index >= 15 is 0 Å². The lowest BCUT2D eigenvalue weighted by Crippen LogP contribution is -2.04. The molecule has 0 radical (unpaired) electrons. The molecule has 0 aliphatic heterocycles. The number of ether oxygens (including phenoxy) is 1. The van der Waals surface area contributed by atoms with E-state index in [9.17, 15) is 0 Å². The first-order valence-corrected chi connectivity index (χ1v) is 5.68. The van der Waals surface area contributed by atoms with Crippen molar-refractivity contribution in [2.75, 3.05) is 11.9 Å². The molecule has 0 saturated carbocycles. The Bertz CT molecular complexity index is 440. The van der Waals surface area contributed by atoms with Gasteiger partial charge in [-0.2, -0.15) is 0 Å². The molecule has 17 heavy (non-hydrogen) atoms. The fourth-order valence-electron chi connectivity index (χ4n) is 1.54. The lowest BCUT2D eigenvalue weighted by atomic mass is 10.2. The van der Waals surface area contributed by atoms with Gasteiger partial charge in [-0.1, -0.05) is 6.07 Å². The third kappa shape index (κ3) is 3.32. The van der Waals surface area contributed by atoms with Crippen LogP contribution in [0.1, 0.15) is 18.2 Å². The third-order valence-corrected chi connectivity index (χ3v) is 2.32. The normalized spacial score (nSPS) is 10.4. The summed E-state index contributed by atoms with van der Waals surface area (Å²) < 4.78 is 10.8. The van der Waals surface area contributed by atoms with Gasteiger partial charge in [-0.05, 0) is 25.1 Å². The lowest BCUT2D eigenvalue weighted by molar-refractivity contribution is 0.0931. The molecule has 0 amide bonds. The summed E-state index contributed by atoms with van der Waals surface area (Å²) in [5.74, 6) is 1.72. The standard InChI is InChI=1S/C13H16N2O2/c1-2-14-13-11(5-3-7-15-13)9-16-10-12-6-4-8-17-12/h3-8H,2,9-10H2,1H3,(H,14,15). The number of nitrogens with one attached hydrogen (secondary N) is 1. The predicted octanol–water partition coefficient (Wildman–Crippen LogP) is 2.82. The zero-order valence-electron chi connectivity index (χ0n) is 9.85. The second kappa shape index (κ2) is 6.06. The Hall–Kier alpha value is -1.81. The van der Waals surface area contributed by atoms with E-state index in [-0.39, 0.29) is 0 Å². The summed E-state index contributed by atoms with van der Waals surface area (Å²) in [4.78, 5) is 4.27. The Kier molecular flexibility index (Phi) is 4.16. The van der Waals surface area contributed by atoms with E-state index < -0.39 is 0 Å². The van der Waals surface area contributed by atoms with Crippen molar-refractivity contribution in [3.63, 3.8) is 0 Å². The van der Waals surface area contributed by atoms with Gasteiger partial charge in [0.15, 0.2) is 0 Å². The minimum Gasteiger partial charge on any atom is -0.467 e. The number of anilines is 1. The number of furan rings is 1. The van der Waals surface area contributed by atoms with Crippen LogP contribution in [0.4, 0.5) is 5.82 Å². The Morgan fingerprint density at radius 1 is 1.29 bits per heavy atom. The van der Waals surface area contributed by atoms with Crippen LogP contribution in [-0.2, 0) is 18.0 Å². The molecule has 2 rings (SSSR count). The summed E-state index contributed by atoms with van der Waals surface area (Å²) in [7, 11) is 0. The van der Waals surface area contributed by atoms with Gasteiger partial charge in [0.25, 0.3) is 0 Å². The molecule has 0 fully saturated rings. The number of hydrogen-bond acceptors (Lipinski definition) is 4. The van der Waals surface area contributed by atoms with Crippen molar-refractivity contribution in [2.24, 2.45) is 0 Å². The van der Waals surface area contributed by atoms with Crippen LogP contribution >= 0.6 is 0 Å². The van der Waals surface area contributed by atoms with Crippen LogP contribution in [0, 0.1) is 0 Å². The van der Waals surface area contributed by atoms with Crippen LogP contribution in [0.15, 0.2) is 41.1 Å². The van der Waals surface area contributed by atoms with Crippen molar-refractivity contribution in [3.8, 4) is 0 Å². The van der Waals surface area contributed by atoms with E-state index in [0.29, 0.717) is 13.2 Å². The van der Waals surface area contributed by atoms with Crippen LogP contribution in [0.3, 0.4) is 0 Å². The second-order valence-corrected chi connectivity index (χ2v) is 3.61. The molecule has 0 aliphatic rings. The zero-order valence-corrected chi connectivity index (χ0v) is 9.85. The molecular weight excluding hydrogens is 216 g/mol. The number of aromatic nitrogens is 1. The van der Waals surface area contributed by atoms with E-state index in [1.807, 2.05) is 31.2 Å². The average molecular weight is 232 g/mol. The Labute approximate surface area is 101 Å². The average Bonchev–Trinajstić information content (AvgIpc) is 2.85. The Morgan fingerprint density at radius 2 is 2.24 bits per heavy atom. The summed E-state index contributed by atoms with van der Waals surface area (Å²) in [5, 5.41) is 3.21. The SMILES string of the molecule is CCNc1ncccc1COCc1ccco1. The quantitative estimate of drug-likeness (QED) is 0.832. The van der Waals surface area contributed by atoms with E-state index in [1.54, 1.807) is 12.5 Å². The summed E-state index contributed by atoms with van der Waals surface area (Å²) in [6.07, 6.45) is 3.42. The first-order valence-electron chi connectivity index (χ1n) is 5.68. The summed E-state index contributed by atoms with van der Waals surface area (Å²) in [5.41, 5.74) is 1.06. The Morgan fingerprint density at radius 3 is 3.00 bits per heavy atom. The van der Waals surface area contributed by atoms with Gasteiger partial charge in [0.05, 0.1) is 12.9 Å². The van der Waals surface area contributed by atoms with E-state index in [2.05, 4.69) is 10.3 Å². The highest BCUT2D eigenvalue weighted by Crippen LogP contribution is 2.13. The minimum atomic E-state index is 0.480. The molecule has 0 aromatic carbocycles. The van der Waals surface area contributed by atoms with E-state index in [0.717, 1.165) is 23.7 Å². The molecule has 0 aliphatic carbocycles. The van der Waals surface area contributed by atoms with Crippen LogP contribution < -0.4 is 5.32 Å². The maximum absolute atomic E-state index is 5.58. The largest absolute Gasteiger partial charge is 0.467 e. The summed E-state index contributed by atoms with van der Waals surface area (Å²) >= 11 is 0. The molecule has 0 bridgehead atoms. The van der Waals surface area contributed by atoms with Gasteiger partial charge in [-0.15, -0.1) is 0 Å². The Balaban J connectivity index is 1.89. The van der Waals surface area contributed by atoms with Crippen molar-refractivity contribution >= 4 is 5.82 Å². The maximum atomic E-state index is 5.58. The molecule has 90 valence electrons. The van der Waals surface area contributed by atoms with Gasteiger partial charge >= 0.3 is 0 Å². The number of rotatable bonds is 6. The number of pyridine rings is 1. The van der Waals surface area contributed by atoms with Crippen molar-refractivity contribution in [1.29, 1.82) is 0 Å². The molecule has 0 atom stereocenters. The molecule has 4 heteroatoms. The topological polar surface area (TPSA) is 47.3 Å². The molecule has 2 heterocycles. The number of nitrogens with zero attached hydrogens (tertiary/aromatic N) is 1. The fourth-order valence-corrected chi connectivity index (χ4v) is 1.54. The highest BCUT2D eigenvalue weighted by molar-refractivity contribution is 5.42. The molecule has 2 aromatic rings. The molecule has 2 aromatic heterocycles. The van der Waals surface area contributed by atoms with E-state index in [1.165, 1.54) is 0 Å². The van der Waals surface area contributed by atoms with Gasteiger partial charge in [-0.25, -0.2) is 4.98 Å². The second-order valence-electron chi connectivity index (χ2n) is 3.61. The van der Waals surface area contributed by atoms with E-state index in [4.69, 9.17) is 9.15 Å². The fraction of sp³-hybridized carbons (Fsp3) is 0.308. The molecular formula is C13H16N2O2. The smallest absolute Gasteiger partial charge is 0.131 e. The monoisotopic (exact) mass is 232 g/mol. The first kappa shape index (κ1) is 11.7. The first-order chi connectivity index (χ1) is 8.40. The summed E-state index contributed by atoms with van der Waals surface area (Å²) in [6.45, 7) is 3.90. The third-order valence-electron chi connectivity index (χ3n) is 2.32. The molecule has 4 nitrogen and oxygen atoms in total. The zero-order chi connectivity index (χ0) is 11.9. The van der Waals surface area contributed by atoms with Gasteiger partial charge in [-0.3, -0.25) is 0 Å². The van der Waals surface area contributed by atoms with Crippen molar-refractivity contribution in [3.05, 3.63) is 48.0 Å².